The van der Waals surface area contributed by atoms with Crippen LogP contribution in [0, 0.1) is 6.92 Å². The molecule has 0 unspecified atom stereocenters. The lowest BCUT2D eigenvalue weighted by Gasteiger charge is -2.30. The SMILES string of the molecule is CCN(C(=S)NCc1ccc2c(c1)OCO2)[C@H](C)C(=O)Nc1ccc(C)cc1. The second-order valence-electron chi connectivity index (χ2n) is 6.66. The zero-order valence-electron chi connectivity index (χ0n) is 16.3. The Balaban J connectivity index is 1.57. The first-order chi connectivity index (χ1) is 13.5. The van der Waals surface area contributed by atoms with E-state index in [4.69, 9.17) is 21.7 Å². The third-order valence-electron chi connectivity index (χ3n) is 4.65. The summed E-state index contributed by atoms with van der Waals surface area (Å²) in [6, 6.07) is 13.1. The van der Waals surface area contributed by atoms with Crippen molar-refractivity contribution in [1.82, 2.24) is 10.2 Å². The minimum Gasteiger partial charge on any atom is -0.454 e. The predicted octanol–water partition coefficient (Wildman–Crippen LogP) is 3.45. The third kappa shape index (κ3) is 4.72. The molecular weight excluding hydrogens is 374 g/mol. The van der Waals surface area contributed by atoms with Gasteiger partial charge in [-0.1, -0.05) is 23.8 Å². The fourth-order valence-electron chi connectivity index (χ4n) is 2.95. The fraction of sp³-hybridized carbons (Fsp3) is 0.333. The van der Waals surface area contributed by atoms with Crippen LogP contribution in [0.5, 0.6) is 11.5 Å². The van der Waals surface area contributed by atoms with E-state index in [0.717, 1.165) is 28.3 Å². The highest BCUT2D eigenvalue weighted by Gasteiger charge is 2.22. The van der Waals surface area contributed by atoms with Crippen LogP contribution in [-0.4, -0.2) is 35.3 Å². The lowest BCUT2D eigenvalue weighted by atomic mass is 10.2. The van der Waals surface area contributed by atoms with E-state index in [2.05, 4.69) is 10.6 Å². The van der Waals surface area contributed by atoms with Crippen molar-refractivity contribution in [3.8, 4) is 11.5 Å². The summed E-state index contributed by atoms with van der Waals surface area (Å²) < 4.78 is 10.7. The molecule has 0 saturated carbocycles. The molecule has 1 aliphatic heterocycles. The average molecular weight is 400 g/mol. The highest BCUT2D eigenvalue weighted by Crippen LogP contribution is 2.32. The number of carbonyl (C=O) groups excluding carboxylic acids is 1. The van der Waals surface area contributed by atoms with Gasteiger partial charge in [0.15, 0.2) is 16.6 Å². The van der Waals surface area contributed by atoms with Gasteiger partial charge in [0.2, 0.25) is 12.7 Å². The molecule has 1 heterocycles. The van der Waals surface area contributed by atoms with Gasteiger partial charge in [0.05, 0.1) is 0 Å². The number of hydrogen-bond donors (Lipinski definition) is 2. The van der Waals surface area contributed by atoms with Crippen molar-refractivity contribution in [2.75, 3.05) is 18.7 Å². The monoisotopic (exact) mass is 399 g/mol. The summed E-state index contributed by atoms with van der Waals surface area (Å²) in [6.45, 7) is 7.25. The molecule has 7 heteroatoms. The first kappa shape index (κ1) is 19.9. The normalized spacial score (nSPS) is 13.0. The molecule has 0 fully saturated rings. The molecule has 0 aromatic heterocycles. The van der Waals surface area contributed by atoms with Gasteiger partial charge in [-0.25, -0.2) is 0 Å². The molecule has 6 nitrogen and oxygen atoms in total. The van der Waals surface area contributed by atoms with Crippen molar-refractivity contribution < 1.29 is 14.3 Å². The molecule has 2 aromatic carbocycles. The van der Waals surface area contributed by atoms with E-state index in [-0.39, 0.29) is 12.7 Å². The molecular formula is C21H25N3O3S. The van der Waals surface area contributed by atoms with Crippen molar-refractivity contribution >= 4 is 28.9 Å². The summed E-state index contributed by atoms with van der Waals surface area (Å²) in [5.74, 6) is 1.39. The van der Waals surface area contributed by atoms with Crippen LogP contribution in [0.15, 0.2) is 42.5 Å². The van der Waals surface area contributed by atoms with Gasteiger partial charge in [-0.15, -0.1) is 0 Å². The van der Waals surface area contributed by atoms with Crippen LogP contribution < -0.4 is 20.1 Å². The van der Waals surface area contributed by atoms with E-state index in [1.54, 1.807) is 0 Å². The topological polar surface area (TPSA) is 62.8 Å². The summed E-state index contributed by atoms with van der Waals surface area (Å²) in [6.07, 6.45) is 0. The number of nitrogens with one attached hydrogen (secondary N) is 2. The van der Waals surface area contributed by atoms with Crippen LogP contribution in [0.25, 0.3) is 0 Å². The largest absolute Gasteiger partial charge is 0.454 e. The smallest absolute Gasteiger partial charge is 0.246 e. The second-order valence-corrected chi connectivity index (χ2v) is 7.05. The van der Waals surface area contributed by atoms with Crippen molar-refractivity contribution in [2.45, 2.75) is 33.4 Å². The third-order valence-corrected chi connectivity index (χ3v) is 5.03. The summed E-state index contributed by atoms with van der Waals surface area (Å²) in [5, 5.41) is 6.71. The van der Waals surface area contributed by atoms with E-state index in [1.165, 1.54) is 0 Å². The lowest BCUT2D eigenvalue weighted by Crippen LogP contribution is -2.49. The standard InChI is InChI=1S/C21H25N3O3S/c1-4-24(15(3)20(25)23-17-8-5-14(2)6-9-17)21(28)22-12-16-7-10-18-19(11-16)27-13-26-18/h5-11,15H,4,12-13H2,1-3H3,(H,22,28)(H,23,25)/t15-/m1/s1. The van der Waals surface area contributed by atoms with Crippen molar-refractivity contribution in [1.29, 1.82) is 0 Å². The van der Waals surface area contributed by atoms with E-state index in [9.17, 15) is 4.79 Å². The van der Waals surface area contributed by atoms with E-state index >= 15 is 0 Å². The average Bonchev–Trinajstić information content (AvgIpc) is 3.16. The summed E-state index contributed by atoms with van der Waals surface area (Å²) in [5.41, 5.74) is 2.95. The summed E-state index contributed by atoms with van der Waals surface area (Å²) in [4.78, 5) is 14.5. The zero-order valence-corrected chi connectivity index (χ0v) is 17.1. The molecule has 0 bridgehead atoms. The number of aryl methyl sites for hydroxylation is 1. The minimum absolute atomic E-state index is 0.0991. The van der Waals surface area contributed by atoms with Gasteiger partial charge in [-0.05, 0) is 62.8 Å². The van der Waals surface area contributed by atoms with Crippen LogP contribution in [-0.2, 0) is 11.3 Å². The fourth-order valence-corrected chi connectivity index (χ4v) is 3.31. The first-order valence-corrected chi connectivity index (χ1v) is 9.69. The van der Waals surface area contributed by atoms with Crippen LogP contribution in [0.1, 0.15) is 25.0 Å². The molecule has 0 radical (unpaired) electrons. The maximum absolute atomic E-state index is 12.6. The first-order valence-electron chi connectivity index (χ1n) is 9.28. The Morgan fingerprint density at radius 3 is 2.61 bits per heavy atom. The Bertz CT molecular complexity index is 854. The van der Waals surface area contributed by atoms with Crippen LogP contribution >= 0.6 is 12.2 Å². The molecule has 1 aliphatic rings. The van der Waals surface area contributed by atoms with Gasteiger partial charge < -0.3 is 25.0 Å². The number of amides is 1. The van der Waals surface area contributed by atoms with Gasteiger partial charge in [0.25, 0.3) is 0 Å². The van der Waals surface area contributed by atoms with Crippen molar-refractivity contribution in [2.24, 2.45) is 0 Å². The van der Waals surface area contributed by atoms with Crippen molar-refractivity contribution in [3.05, 3.63) is 53.6 Å². The lowest BCUT2D eigenvalue weighted by molar-refractivity contribution is -0.119. The van der Waals surface area contributed by atoms with Gasteiger partial charge in [-0.2, -0.15) is 0 Å². The molecule has 148 valence electrons. The summed E-state index contributed by atoms with van der Waals surface area (Å²) in [7, 11) is 0. The Hall–Kier alpha value is -2.80. The molecule has 0 spiro atoms. The van der Waals surface area contributed by atoms with Gasteiger partial charge in [0, 0.05) is 18.8 Å². The number of hydrogen-bond acceptors (Lipinski definition) is 4. The Morgan fingerprint density at radius 2 is 1.89 bits per heavy atom. The number of carbonyl (C=O) groups is 1. The highest BCUT2D eigenvalue weighted by molar-refractivity contribution is 7.80. The maximum atomic E-state index is 12.6. The second kappa shape index (κ2) is 8.93. The number of fused-ring (bicyclic) bond motifs is 1. The van der Waals surface area contributed by atoms with Gasteiger partial charge >= 0.3 is 0 Å². The Labute approximate surface area is 170 Å². The molecule has 1 amide bonds. The number of benzene rings is 2. The minimum atomic E-state index is -0.400. The number of rotatable bonds is 6. The quantitative estimate of drug-likeness (QED) is 0.726. The van der Waals surface area contributed by atoms with Crippen LogP contribution in [0.4, 0.5) is 5.69 Å². The maximum Gasteiger partial charge on any atom is 0.246 e. The number of likely N-dealkylation sites (N-methyl/N-ethyl adjacent to an activating group) is 1. The molecule has 0 aliphatic carbocycles. The van der Waals surface area contributed by atoms with Crippen LogP contribution in [0.3, 0.4) is 0 Å². The number of nitrogens with zero attached hydrogens (tertiary/aromatic N) is 1. The molecule has 28 heavy (non-hydrogen) atoms. The summed E-state index contributed by atoms with van der Waals surface area (Å²) >= 11 is 5.53. The number of thiocarbonyl (C=S) groups is 1. The molecule has 2 aromatic rings. The zero-order chi connectivity index (χ0) is 20.1. The Kier molecular flexibility index (Phi) is 6.36. The molecule has 1 atom stereocenters. The van der Waals surface area contributed by atoms with E-state index in [0.29, 0.717) is 18.2 Å². The Morgan fingerprint density at radius 1 is 1.18 bits per heavy atom. The van der Waals surface area contributed by atoms with E-state index < -0.39 is 6.04 Å². The van der Waals surface area contributed by atoms with Crippen LogP contribution in [0.2, 0.25) is 0 Å². The predicted molar refractivity (Wildman–Crippen MR) is 114 cm³/mol. The van der Waals surface area contributed by atoms with E-state index in [1.807, 2.05) is 68.1 Å². The molecule has 0 saturated heterocycles. The van der Waals surface area contributed by atoms with Gasteiger partial charge in [0.1, 0.15) is 6.04 Å². The molecule has 3 rings (SSSR count). The number of ether oxygens (including phenoxy) is 2. The van der Waals surface area contributed by atoms with Crippen molar-refractivity contribution in [3.63, 3.8) is 0 Å². The van der Waals surface area contributed by atoms with Gasteiger partial charge in [-0.3, -0.25) is 4.79 Å². The number of anilines is 1. The molecule has 2 N–H and O–H groups in total. The highest BCUT2D eigenvalue weighted by atomic mass is 32.1.